The number of H-pyrrole nitrogens is 1. The van der Waals surface area contributed by atoms with Crippen molar-refractivity contribution in [3.8, 4) is 0 Å². The first kappa shape index (κ1) is 16.0. The van der Waals surface area contributed by atoms with Gasteiger partial charge in [-0.3, -0.25) is 5.10 Å². The van der Waals surface area contributed by atoms with E-state index in [1.165, 1.54) is 18.5 Å². The van der Waals surface area contributed by atoms with Gasteiger partial charge in [-0.25, -0.2) is 4.98 Å². The van der Waals surface area contributed by atoms with Gasteiger partial charge in [0.15, 0.2) is 0 Å². The fourth-order valence-electron chi connectivity index (χ4n) is 3.52. The van der Waals surface area contributed by atoms with Crippen LogP contribution in [-0.4, -0.2) is 57.7 Å². The van der Waals surface area contributed by atoms with E-state index in [4.69, 9.17) is 9.72 Å². The molecule has 26 heavy (non-hydrogen) atoms. The molecule has 2 aromatic rings. The lowest BCUT2D eigenvalue weighted by molar-refractivity contribution is 0.140. The van der Waals surface area contributed by atoms with Crippen molar-refractivity contribution in [2.24, 2.45) is 0 Å². The average Bonchev–Trinajstić information content (AvgIpc) is 3.13. The Labute approximate surface area is 152 Å². The van der Waals surface area contributed by atoms with Crippen LogP contribution >= 0.6 is 0 Å². The van der Waals surface area contributed by atoms with Gasteiger partial charge in [0.05, 0.1) is 36.3 Å². The minimum absolute atomic E-state index is 0.278. The number of anilines is 2. The summed E-state index contributed by atoms with van der Waals surface area (Å²) in [5.74, 6) is 2.46. The molecule has 2 saturated heterocycles. The monoisotopic (exact) mass is 356 g/mol. The van der Waals surface area contributed by atoms with Crippen LogP contribution in [0.3, 0.4) is 0 Å². The maximum Gasteiger partial charge on any atom is 0.227 e. The molecule has 0 radical (unpaired) electrons. The average molecular weight is 356 g/mol. The number of nitrogens with zero attached hydrogens (tertiary/aromatic N) is 4. The summed E-state index contributed by atoms with van der Waals surface area (Å²) in [5.41, 5.74) is 3.25. The third kappa shape index (κ3) is 3.26. The Morgan fingerprint density at radius 3 is 2.77 bits per heavy atom. The summed E-state index contributed by atoms with van der Waals surface area (Å²) in [4.78, 5) is 11.4. The molecule has 1 saturated carbocycles. The molecule has 0 spiro atoms. The number of hydrogen-bond acceptors (Lipinski definition) is 7. The molecule has 3 N–H and O–H groups in total. The number of aromatic amines is 1. The highest BCUT2D eigenvalue weighted by Gasteiger charge is 2.29. The molecule has 2 aromatic heterocycles. The maximum absolute atomic E-state index is 9.59. The largest absolute Gasteiger partial charge is 0.389 e. The number of aliphatic hydroxyl groups is 1. The van der Waals surface area contributed by atoms with Crippen molar-refractivity contribution in [1.82, 2.24) is 20.2 Å². The number of rotatable bonds is 6. The topological polar surface area (TPSA) is 99.2 Å². The SMILES string of the molecule is OC1CN(c2nc(NCc3cc(C4CC4)n[nH]3)cc(C3CCOC3)n2)C1. The molecule has 0 bridgehead atoms. The molecule has 0 amide bonds. The van der Waals surface area contributed by atoms with Crippen molar-refractivity contribution in [2.75, 3.05) is 36.5 Å². The van der Waals surface area contributed by atoms with Crippen LogP contribution in [0.4, 0.5) is 11.8 Å². The Kier molecular flexibility index (Phi) is 4.01. The van der Waals surface area contributed by atoms with Crippen LogP contribution in [0.25, 0.3) is 0 Å². The normalized spacial score (nSPS) is 23.3. The first-order valence-electron chi connectivity index (χ1n) is 9.42. The number of ether oxygens (including phenoxy) is 1. The Morgan fingerprint density at radius 2 is 2.04 bits per heavy atom. The Balaban J connectivity index is 1.33. The number of β-amino-alcohol motifs (C(OH)–C–C–N with tert-alkyl or cyclic N) is 1. The van der Waals surface area contributed by atoms with Crippen molar-refractivity contribution < 1.29 is 9.84 Å². The number of nitrogens with one attached hydrogen (secondary N) is 2. The number of aliphatic hydroxyl groups excluding tert-OH is 1. The summed E-state index contributed by atoms with van der Waals surface area (Å²) in [6.45, 7) is 3.33. The first-order valence-corrected chi connectivity index (χ1v) is 9.42. The summed E-state index contributed by atoms with van der Waals surface area (Å²) in [6, 6.07) is 4.17. The van der Waals surface area contributed by atoms with Crippen LogP contribution in [0, 0.1) is 0 Å². The molecular weight excluding hydrogens is 332 g/mol. The highest BCUT2D eigenvalue weighted by Crippen LogP contribution is 2.39. The second-order valence-corrected chi connectivity index (χ2v) is 7.54. The van der Waals surface area contributed by atoms with Gasteiger partial charge in [-0.2, -0.15) is 10.1 Å². The highest BCUT2D eigenvalue weighted by atomic mass is 16.5. The summed E-state index contributed by atoms with van der Waals surface area (Å²) in [6.07, 6.45) is 3.21. The third-order valence-corrected chi connectivity index (χ3v) is 5.33. The van der Waals surface area contributed by atoms with E-state index < -0.39 is 0 Å². The predicted molar refractivity (Wildman–Crippen MR) is 96.3 cm³/mol. The lowest BCUT2D eigenvalue weighted by Crippen LogP contribution is -2.51. The highest BCUT2D eigenvalue weighted by molar-refractivity contribution is 5.46. The van der Waals surface area contributed by atoms with Crippen molar-refractivity contribution >= 4 is 11.8 Å². The zero-order chi connectivity index (χ0) is 17.5. The van der Waals surface area contributed by atoms with Gasteiger partial charge < -0.3 is 20.1 Å². The second-order valence-electron chi connectivity index (χ2n) is 7.54. The quantitative estimate of drug-likeness (QED) is 0.719. The van der Waals surface area contributed by atoms with E-state index in [0.717, 1.165) is 30.2 Å². The van der Waals surface area contributed by atoms with Crippen LogP contribution in [0.5, 0.6) is 0 Å². The fraction of sp³-hybridized carbons (Fsp3) is 0.611. The molecule has 138 valence electrons. The van der Waals surface area contributed by atoms with Gasteiger partial charge in [0.1, 0.15) is 5.82 Å². The Bertz CT molecular complexity index is 778. The minimum atomic E-state index is -0.278. The summed E-state index contributed by atoms with van der Waals surface area (Å²) in [7, 11) is 0. The van der Waals surface area contributed by atoms with Crippen molar-refractivity contribution in [3.05, 3.63) is 29.2 Å². The summed E-state index contributed by atoms with van der Waals surface area (Å²) < 4.78 is 5.52. The van der Waals surface area contributed by atoms with E-state index in [2.05, 4.69) is 26.6 Å². The van der Waals surface area contributed by atoms with E-state index in [9.17, 15) is 5.11 Å². The Hall–Kier alpha value is -2.19. The van der Waals surface area contributed by atoms with Crippen LogP contribution in [0.1, 0.15) is 48.2 Å². The molecule has 1 atom stereocenters. The fourth-order valence-corrected chi connectivity index (χ4v) is 3.52. The molecule has 2 aliphatic heterocycles. The van der Waals surface area contributed by atoms with Gasteiger partial charge in [-0.05, 0) is 25.3 Å². The van der Waals surface area contributed by atoms with Gasteiger partial charge in [0, 0.05) is 37.6 Å². The van der Waals surface area contributed by atoms with E-state index in [0.29, 0.717) is 44.0 Å². The van der Waals surface area contributed by atoms with Gasteiger partial charge in [0.2, 0.25) is 5.95 Å². The van der Waals surface area contributed by atoms with Crippen molar-refractivity contribution in [3.63, 3.8) is 0 Å². The summed E-state index contributed by atoms with van der Waals surface area (Å²) in [5, 5.41) is 20.5. The van der Waals surface area contributed by atoms with Crippen molar-refractivity contribution in [1.29, 1.82) is 0 Å². The Morgan fingerprint density at radius 1 is 1.15 bits per heavy atom. The number of aromatic nitrogens is 4. The minimum Gasteiger partial charge on any atom is -0.389 e. The molecule has 1 aliphatic carbocycles. The first-order chi connectivity index (χ1) is 12.7. The molecule has 4 heterocycles. The second kappa shape index (κ2) is 6.51. The zero-order valence-electron chi connectivity index (χ0n) is 14.7. The van der Waals surface area contributed by atoms with E-state index >= 15 is 0 Å². The van der Waals surface area contributed by atoms with Crippen LogP contribution in [-0.2, 0) is 11.3 Å². The van der Waals surface area contributed by atoms with Crippen LogP contribution < -0.4 is 10.2 Å². The molecule has 3 aliphatic rings. The standard InChI is InChI=1S/C18H24N6O2/c25-14-8-24(9-14)18-20-15(12-3-4-26-10-12)6-17(21-18)19-7-13-5-16(23-22-13)11-1-2-11/h5-6,11-12,14,25H,1-4,7-10H2,(H,22,23)(H,19,20,21). The van der Waals surface area contributed by atoms with Gasteiger partial charge in [-0.15, -0.1) is 0 Å². The van der Waals surface area contributed by atoms with E-state index in [1.54, 1.807) is 0 Å². The van der Waals surface area contributed by atoms with E-state index in [1.807, 2.05) is 11.0 Å². The third-order valence-electron chi connectivity index (χ3n) is 5.33. The summed E-state index contributed by atoms with van der Waals surface area (Å²) >= 11 is 0. The molecule has 3 fully saturated rings. The van der Waals surface area contributed by atoms with Crippen LogP contribution in [0.15, 0.2) is 12.1 Å². The van der Waals surface area contributed by atoms with Gasteiger partial charge in [0.25, 0.3) is 0 Å². The zero-order valence-corrected chi connectivity index (χ0v) is 14.7. The van der Waals surface area contributed by atoms with Crippen molar-refractivity contribution in [2.45, 2.75) is 43.7 Å². The molecule has 8 nitrogen and oxygen atoms in total. The molecule has 5 rings (SSSR count). The van der Waals surface area contributed by atoms with Gasteiger partial charge >= 0.3 is 0 Å². The molecular formula is C18H24N6O2. The maximum atomic E-state index is 9.59. The molecule has 8 heteroatoms. The van der Waals surface area contributed by atoms with E-state index in [-0.39, 0.29) is 6.10 Å². The molecule has 0 aromatic carbocycles. The van der Waals surface area contributed by atoms with Gasteiger partial charge in [-0.1, -0.05) is 0 Å². The lowest BCUT2D eigenvalue weighted by atomic mass is 10.0. The molecule has 1 unspecified atom stereocenters. The predicted octanol–water partition coefficient (Wildman–Crippen LogP) is 1.37. The lowest BCUT2D eigenvalue weighted by Gasteiger charge is -2.36. The number of hydrogen-bond donors (Lipinski definition) is 3. The smallest absolute Gasteiger partial charge is 0.227 e. The van der Waals surface area contributed by atoms with Crippen LogP contribution in [0.2, 0.25) is 0 Å².